The molecule has 0 fully saturated rings. The van der Waals surface area contributed by atoms with E-state index < -0.39 is 11.8 Å². The summed E-state index contributed by atoms with van der Waals surface area (Å²) in [6.07, 6.45) is 0. The van der Waals surface area contributed by atoms with E-state index in [-0.39, 0.29) is 11.3 Å². The van der Waals surface area contributed by atoms with Gasteiger partial charge in [-0.2, -0.15) is 0 Å². The number of hydrazine groups is 1. The predicted molar refractivity (Wildman–Crippen MR) is 84.9 cm³/mol. The molecule has 0 aromatic heterocycles. The molecule has 2 rings (SSSR count). The summed E-state index contributed by atoms with van der Waals surface area (Å²) >= 11 is 6.46. The van der Waals surface area contributed by atoms with E-state index in [9.17, 15) is 14.7 Å². The first kappa shape index (κ1) is 15.5. The van der Waals surface area contributed by atoms with Gasteiger partial charge in [-0.25, -0.2) is 0 Å². The lowest BCUT2D eigenvalue weighted by molar-refractivity contribution is 0.0844. The maximum atomic E-state index is 11.9. The predicted octanol–water partition coefficient (Wildman–Crippen LogP) is 2.99. The first-order chi connectivity index (χ1) is 9.99. The first-order valence-electron chi connectivity index (χ1n) is 5.83. The van der Waals surface area contributed by atoms with Crippen molar-refractivity contribution in [1.82, 2.24) is 10.9 Å². The average Bonchev–Trinajstić information content (AvgIpc) is 2.47. The van der Waals surface area contributed by atoms with Crippen molar-refractivity contribution in [2.75, 3.05) is 0 Å². The smallest absolute Gasteiger partial charge is 0.273 e. The summed E-state index contributed by atoms with van der Waals surface area (Å²) in [4.78, 5) is 23.8. The van der Waals surface area contributed by atoms with Gasteiger partial charge in [0.25, 0.3) is 11.8 Å². The molecule has 0 saturated carbocycles. The molecule has 0 aliphatic rings. The summed E-state index contributed by atoms with van der Waals surface area (Å²) < 4.78 is 1.25. The van der Waals surface area contributed by atoms with Gasteiger partial charge in [-0.3, -0.25) is 20.4 Å². The van der Waals surface area contributed by atoms with Gasteiger partial charge in [0, 0.05) is 8.95 Å². The molecule has 108 valence electrons. The molecule has 2 aromatic rings. The van der Waals surface area contributed by atoms with Crippen molar-refractivity contribution in [3.8, 4) is 5.75 Å². The Hall–Kier alpha value is -1.86. The molecule has 0 radical (unpaired) electrons. The van der Waals surface area contributed by atoms with Crippen molar-refractivity contribution < 1.29 is 14.7 Å². The van der Waals surface area contributed by atoms with Crippen molar-refractivity contribution in [3.05, 3.63) is 62.5 Å². The molecular weight excluding hydrogens is 404 g/mol. The number of benzene rings is 2. The Labute approximate surface area is 137 Å². The monoisotopic (exact) mass is 412 g/mol. The molecule has 0 spiro atoms. The number of rotatable bonds is 2. The molecule has 0 atom stereocenters. The Morgan fingerprint density at radius 1 is 0.905 bits per heavy atom. The van der Waals surface area contributed by atoms with Crippen LogP contribution in [0.15, 0.2) is 51.4 Å². The molecule has 5 nitrogen and oxygen atoms in total. The molecule has 0 heterocycles. The van der Waals surface area contributed by atoms with Crippen molar-refractivity contribution in [3.63, 3.8) is 0 Å². The van der Waals surface area contributed by atoms with Crippen LogP contribution in [0.1, 0.15) is 20.7 Å². The van der Waals surface area contributed by atoms with Gasteiger partial charge in [0.2, 0.25) is 0 Å². The van der Waals surface area contributed by atoms with E-state index in [2.05, 4.69) is 42.7 Å². The van der Waals surface area contributed by atoms with Crippen LogP contribution in [-0.4, -0.2) is 16.9 Å². The summed E-state index contributed by atoms with van der Waals surface area (Å²) in [5, 5.41) is 9.63. The Balaban J connectivity index is 2.06. The lowest BCUT2D eigenvalue weighted by atomic mass is 10.2. The van der Waals surface area contributed by atoms with Gasteiger partial charge in [-0.1, -0.05) is 28.1 Å². The second kappa shape index (κ2) is 6.73. The summed E-state index contributed by atoms with van der Waals surface area (Å²) in [5.41, 5.74) is 4.98. The van der Waals surface area contributed by atoms with Crippen LogP contribution >= 0.6 is 31.9 Å². The van der Waals surface area contributed by atoms with E-state index in [1.807, 2.05) is 0 Å². The van der Waals surface area contributed by atoms with E-state index in [0.717, 1.165) is 0 Å². The van der Waals surface area contributed by atoms with E-state index in [4.69, 9.17) is 0 Å². The quantitative estimate of drug-likeness (QED) is 0.662. The number of carbonyl (C=O) groups excluding carboxylic acids is 2. The molecule has 2 aromatic carbocycles. The van der Waals surface area contributed by atoms with Crippen LogP contribution in [-0.2, 0) is 0 Å². The highest BCUT2D eigenvalue weighted by Crippen LogP contribution is 2.21. The number of phenolic OH excluding ortho intramolecular Hbond substituents is 1. The molecule has 0 aliphatic carbocycles. The maximum Gasteiger partial charge on any atom is 0.273 e. The highest BCUT2D eigenvalue weighted by atomic mass is 79.9. The molecular formula is C14H10Br2N2O3. The van der Waals surface area contributed by atoms with Gasteiger partial charge >= 0.3 is 0 Å². The number of nitrogens with one attached hydrogen (secondary N) is 2. The number of amides is 2. The maximum absolute atomic E-state index is 11.9. The van der Waals surface area contributed by atoms with Crippen LogP contribution < -0.4 is 10.9 Å². The molecule has 0 bridgehead atoms. The Bertz CT molecular complexity index is 704. The first-order valence-corrected chi connectivity index (χ1v) is 7.41. The topological polar surface area (TPSA) is 78.4 Å². The van der Waals surface area contributed by atoms with Crippen LogP contribution in [0, 0.1) is 0 Å². The van der Waals surface area contributed by atoms with Crippen molar-refractivity contribution >= 4 is 43.7 Å². The van der Waals surface area contributed by atoms with Gasteiger partial charge in [-0.05, 0) is 46.3 Å². The number of hydrogen-bond acceptors (Lipinski definition) is 3. The van der Waals surface area contributed by atoms with Gasteiger partial charge in [0.15, 0.2) is 0 Å². The Morgan fingerprint density at radius 3 is 2.19 bits per heavy atom. The van der Waals surface area contributed by atoms with Gasteiger partial charge in [0.1, 0.15) is 5.75 Å². The summed E-state index contributed by atoms with van der Waals surface area (Å²) in [6.45, 7) is 0. The lowest BCUT2D eigenvalue weighted by Gasteiger charge is -2.09. The highest BCUT2D eigenvalue weighted by molar-refractivity contribution is 9.10. The zero-order chi connectivity index (χ0) is 15.4. The fourth-order valence-electron chi connectivity index (χ4n) is 1.58. The van der Waals surface area contributed by atoms with Crippen LogP contribution in [0.5, 0.6) is 5.75 Å². The van der Waals surface area contributed by atoms with Crippen LogP contribution in [0.2, 0.25) is 0 Å². The SMILES string of the molecule is O=C(NNC(=O)c1ccccc1Br)c1cc(Br)ccc1O. The third kappa shape index (κ3) is 3.83. The summed E-state index contributed by atoms with van der Waals surface area (Å²) in [6, 6.07) is 11.3. The Morgan fingerprint density at radius 2 is 1.52 bits per heavy atom. The largest absolute Gasteiger partial charge is 0.507 e. The third-order valence-corrected chi connectivity index (χ3v) is 3.80. The van der Waals surface area contributed by atoms with Gasteiger partial charge in [-0.15, -0.1) is 0 Å². The zero-order valence-corrected chi connectivity index (χ0v) is 13.7. The van der Waals surface area contributed by atoms with Crippen LogP contribution in [0.25, 0.3) is 0 Å². The van der Waals surface area contributed by atoms with Gasteiger partial charge < -0.3 is 5.11 Å². The molecule has 0 saturated heterocycles. The van der Waals surface area contributed by atoms with Crippen molar-refractivity contribution in [2.24, 2.45) is 0 Å². The Kier molecular flexibility index (Phi) is 4.98. The molecule has 0 aliphatic heterocycles. The second-order valence-electron chi connectivity index (χ2n) is 4.05. The summed E-state index contributed by atoms with van der Waals surface area (Å²) in [7, 11) is 0. The van der Waals surface area contributed by atoms with E-state index >= 15 is 0 Å². The van der Waals surface area contributed by atoms with E-state index in [1.165, 1.54) is 12.1 Å². The minimum Gasteiger partial charge on any atom is -0.507 e. The molecule has 21 heavy (non-hydrogen) atoms. The minimum absolute atomic E-state index is 0.0526. The summed E-state index contributed by atoms with van der Waals surface area (Å²) in [5.74, 6) is -1.26. The normalized spacial score (nSPS) is 10.0. The number of halogens is 2. The molecule has 3 N–H and O–H groups in total. The van der Waals surface area contributed by atoms with Gasteiger partial charge in [0.05, 0.1) is 11.1 Å². The fraction of sp³-hybridized carbons (Fsp3) is 0. The minimum atomic E-state index is -0.616. The molecule has 2 amide bonds. The number of hydrogen-bond donors (Lipinski definition) is 3. The van der Waals surface area contributed by atoms with Crippen LogP contribution in [0.4, 0.5) is 0 Å². The van der Waals surface area contributed by atoms with Crippen LogP contribution in [0.3, 0.4) is 0 Å². The number of aromatic hydroxyl groups is 1. The highest BCUT2D eigenvalue weighted by Gasteiger charge is 2.14. The number of carbonyl (C=O) groups is 2. The third-order valence-electron chi connectivity index (χ3n) is 2.61. The number of phenols is 1. The molecule has 7 heteroatoms. The molecule has 0 unspecified atom stereocenters. The second-order valence-corrected chi connectivity index (χ2v) is 5.82. The standard InChI is InChI=1S/C14H10Br2N2O3/c15-8-5-6-12(19)10(7-8)14(21)18-17-13(20)9-3-1-2-4-11(9)16/h1-7,19H,(H,17,20)(H,18,21). The lowest BCUT2D eigenvalue weighted by Crippen LogP contribution is -2.41. The van der Waals surface area contributed by atoms with Crippen molar-refractivity contribution in [1.29, 1.82) is 0 Å². The van der Waals surface area contributed by atoms with E-state index in [0.29, 0.717) is 14.5 Å². The fourth-order valence-corrected chi connectivity index (χ4v) is 2.41. The zero-order valence-electron chi connectivity index (χ0n) is 10.6. The average molecular weight is 414 g/mol. The van der Waals surface area contributed by atoms with Crippen molar-refractivity contribution in [2.45, 2.75) is 0 Å². The van der Waals surface area contributed by atoms with E-state index in [1.54, 1.807) is 30.3 Å².